The molecule has 1 amide bonds. The predicted octanol–water partition coefficient (Wildman–Crippen LogP) is 1.79. The highest BCUT2D eigenvalue weighted by atomic mass is 16.5. The highest BCUT2D eigenvalue weighted by Crippen LogP contribution is 2.40. The molecule has 100 valence electrons. The van der Waals surface area contributed by atoms with E-state index in [1.807, 2.05) is 0 Å². The number of rotatable bonds is 7. The summed E-state index contributed by atoms with van der Waals surface area (Å²) in [5.74, 6) is 1.13. The van der Waals surface area contributed by atoms with E-state index in [1.54, 1.807) is 11.0 Å². The van der Waals surface area contributed by atoms with E-state index in [2.05, 4.69) is 12.1 Å². The summed E-state index contributed by atoms with van der Waals surface area (Å²) in [6, 6.07) is 1.75. The molecule has 1 aromatic rings. The van der Waals surface area contributed by atoms with Crippen molar-refractivity contribution in [2.45, 2.75) is 38.5 Å². The molecular formula is C13H20N2O3. The van der Waals surface area contributed by atoms with E-state index in [1.165, 1.54) is 0 Å². The van der Waals surface area contributed by atoms with E-state index in [-0.39, 0.29) is 12.5 Å². The molecule has 1 aliphatic rings. The molecule has 0 saturated heterocycles. The van der Waals surface area contributed by atoms with Gasteiger partial charge < -0.3 is 14.5 Å². The molecule has 0 unspecified atom stereocenters. The normalized spacial score (nSPS) is 14.8. The standard InChI is InChI=1S/C13H20N2O3/c1-2-3-6-15(7-8-16)13(17)11-9-12(18-14-11)10-4-5-10/h9-10,16H,2-8H2,1H3. The van der Waals surface area contributed by atoms with Crippen molar-refractivity contribution in [1.29, 1.82) is 0 Å². The molecular weight excluding hydrogens is 232 g/mol. The summed E-state index contributed by atoms with van der Waals surface area (Å²) in [6.45, 7) is 3.05. The highest BCUT2D eigenvalue weighted by molar-refractivity contribution is 5.92. The average Bonchev–Trinajstić information content (AvgIpc) is 3.11. The molecule has 0 aliphatic heterocycles. The van der Waals surface area contributed by atoms with Gasteiger partial charge in [0.1, 0.15) is 5.76 Å². The van der Waals surface area contributed by atoms with Crippen molar-refractivity contribution < 1.29 is 14.4 Å². The molecule has 1 aliphatic carbocycles. The van der Waals surface area contributed by atoms with Gasteiger partial charge in [0, 0.05) is 25.1 Å². The first kappa shape index (κ1) is 13.1. The van der Waals surface area contributed by atoms with Crippen LogP contribution in [0.15, 0.2) is 10.6 Å². The average molecular weight is 252 g/mol. The summed E-state index contributed by atoms with van der Waals surface area (Å²) in [7, 11) is 0. The van der Waals surface area contributed by atoms with Crippen LogP contribution < -0.4 is 0 Å². The second-order valence-corrected chi connectivity index (χ2v) is 4.76. The number of hydrogen-bond acceptors (Lipinski definition) is 4. The SMILES string of the molecule is CCCCN(CCO)C(=O)c1cc(C2CC2)on1. The summed E-state index contributed by atoms with van der Waals surface area (Å²) >= 11 is 0. The molecule has 0 spiro atoms. The smallest absolute Gasteiger partial charge is 0.276 e. The molecule has 2 rings (SSSR count). The fourth-order valence-electron chi connectivity index (χ4n) is 1.90. The van der Waals surface area contributed by atoms with Crippen LogP contribution >= 0.6 is 0 Å². The lowest BCUT2D eigenvalue weighted by atomic mass is 10.2. The van der Waals surface area contributed by atoms with Crippen molar-refractivity contribution in [2.75, 3.05) is 19.7 Å². The van der Waals surface area contributed by atoms with Gasteiger partial charge in [0.05, 0.1) is 6.61 Å². The Hall–Kier alpha value is -1.36. The van der Waals surface area contributed by atoms with E-state index in [4.69, 9.17) is 9.63 Å². The Kier molecular flexibility index (Phi) is 4.36. The predicted molar refractivity (Wildman–Crippen MR) is 66.4 cm³/mol. The third-order valence-electron chi connectivity index (χ3n) is 3.17. The van der Waals surface area contributed by atoms with Crippen LogP contribution in [0, 0.1) is 0 Å². The molecule has 0 radical (unpaired) electrons. The van der Waals surface area contributed by atoms with Gasteiger partial charge >= 0.3 is 0 Å². The van der Waals surface area contributed by atoms with E-state index < -0.39 is 0 Å². The van der Waals surface area contributed by atoms with Crippen LogP contribution in [0.4, 0.5) is 0 Å². The number of nitrogens with zero attached hydrogens (tertiary/aromatic N) is 2. The lowest BCUT2D eigenvalue weighted by molar-refractivity contribution is 0.0709. The minimum atomic E-state index is -0.145. The van der Waals surface area contributed by atoms with Gasteiger partial charge in [-0.25, -0.2) is 0 Å². The van der Waals surface area contributed by atoms with Crippen molar-refractivity contribution in [2.24, 2.45) is 0 Å². The quantitative estimate of drug-likeness (QED) is 0.803. The van der Waals surface area contributed by atoms with Crippen LogP contribution in [-0.4, -0.2) is 40.8 Å². The maximum atomic E-state index is 12.2. The molecule has 5 nitrogen and oxygen atoms in total. The molecule has 1 fully saturated rings. The lowest BCUT2D eigenvalue weighted by Crippen LogP contribution is -2.34. The molecule has 0 aromatic carbocycles. The van der Waals surface area contributed by atoms with Crippen LogP contribution in [0.5, 0.6) is 0 Å². The van der Waals surface area contributed by atoms with Crippen molar-refractivity contribution in [3.8, 4) is 0 Å². The van der Waals surface area contributed by atoms with Crippen LogP contribution in [0.1, 0.15) is 54.8 Å². The number of aromatic nitrogens is 1. The Morgan fingerprint density at radius 1 is 1.56 bits per heavy atom. The zero-order valence-electron chi connectivity index (χ0n) is 10.8. The van der Waals surface area contributed by atoms with Crippen molar-refractivity contribution >= 4 is 5.91 Å². The molecule has 1 heterocycles. The Labute approximate surface area is 107 Å². The molecule has 5 heteroatoms. The topological polar surface area (TPSA) is 66.6 Å². The van der Waals surface area contributed by atoms with Crippen LogP contribution in [-0.2, 0) is 0 Å². The minimum Gasteiger partial charge on any atom is -0.395 e. The Morgan fingerprint density at radius 2 is 2.33 bits per heavy atom. The monoisotopic (exact) mass is 252 g/mol. The van der Waals surface area contributed by atoms with E-state index in [0.717, 1.165) is 31.4 Å². The molecule has 1 N–H and O–H groups in total. The van der Waals surface area contributed by atoms with Gasteiger partial charge in [0.2, 0.25) is 0 Å². The van der Waals surface area contributed by atoms with Gasteiger partial charge in [-0.1, -0.05) is 18.5 Å². The second-order valence-electron chi connectivity index (χ2n) is 4.76. The summed E-state index contributed by atoms with van der Waals surface area (Å²) in [5, 5.41) is 12.8. The molecule has 18 heavy (non-hydrogen) atoms. The van der Waals surface area contributed by atoms with Gasteiger partial charge in [-0.15, -0.1) is 0 Å². The molecule has 1 saturated carbocycles. The van der Waals surface area contributed by atoms with Crippen molar-refractivity contribution in [1.82, 2.24) is 10.1 Å². The van der Waals surface area contributed by atoms with Gasteiger partial charge in [-0.2, -0.15) is 0 Å². The van der Waals surface area contributed by atoms with Gasteiger partial charge in [-0.3, -0.25) is 4.79 Å². The summed E-state index contributed by atoms with van der Waals surface area (Å²) < 4.78 is 5.18. The number of carbonyl (C=O) groups is 1. The first-order chi connectivity index (χ1) is 8.76. The number of aliphatic hydroxyl groups is 1. The number of carbonyl (C=O) groups excluding carboxylic acids is 1. The maximum Gasteiger partial charge on any atom is 0.276 e. The fourth-order valence-corrected chi connectivity index (χ4v) is 1.90. The third-order valence-corrected chi connectivity index (χ3v) is 3.17. The van der Waals surface area contributed by atoms with E-state index in [9.17, 15) is 4.79 Å². The summed E-state index contributed by atoms with van der Waals surface area (Å²) in [4.78, 5) is 13.8. The van der Waals surface area contributed by atoms with E-state index >= 15 is 0 Å². The summed E-state index contributed by atoms with van der Waals surface area (Å²) in [5.41, 5.74) is 0.362. The fraction of sp³-hybridized carbons (Fsp3) is 0.692. The van der Waals surface area contributed by atoms with Gasteiger partial charge in [-0.05, 0) is 19.3 Å². The van der Waals surface area contributed by atoms with Crippen LogP contribution in [0.3, 0.4) is 0 Å². The van der Waals surface area contributed by atoms with Gasteiger partial charge in [0.15, 0.2) is 5.69 Å². The van der Waals surface area contributed by atoms with Crippen LogP contribution in [0.2, 0.25) is 0 Å². The number of amides is 1. The van der Waals surface area contributed by atoms with Gasteiger partial charge in [0.25, 0.3) is 5.91 Å². The number of aliphatic hydroxyl groups excluding tert-OH is 1. The Morgan fingerprint density at radius 3 is 2.94 bits per heavy atom. The third kappa shape index (κ3) is 3.10. The second kappa shape index (κ2) is 6.00. The first-order valence-electron chi connectivity index (χ1n) is 6.63. The zero-order valence-corrected chi connectivity index (χ0v) is 10.8. The lowest BCUT2D eigenvalue weighted by Gasteiger charge is -2.19. The first-order valence-corrected chi connectivity index (χ1v) is 6.63. The van der Waals surface area contributed by atoms with Crippen LogP contribution in [0.25, 0.3) is 0 Å². The Bertz CT molecular complexity index is 399. The largest absolute Gasteiger partial charge is 0.395 e. The zero-order chi connectivity index (χ0) is 13.0. The molecule has 0 atom stereocenters. The molecule has 0 bridgehead atoms. The van der Waals surface area contributed by atoms with Crippen molar-refractivity contribution in [3.05, 3.63) is 17.5 Å². The molecule has 1 aromatic heterocycles. The van der Waals surface area contributed by atoms with Crippen molar-refractivity contribution in [3.63, 3.8) is 0 Å². The van der Waals surface area contributed by atoms with E-state index in [0.29, 0.717) is 24.7 Å². The summed E-state index contributed by atoms with van der Waals surface area (Å²) in [6.07, 6.45) is 4.19. The maximum absolute atomic E-state index is 12.2. The minimum absolute atomic E-state index is 0.0250. The Balaban J connectivity index is 2.00. The number of unbranched alkanes of at least 4 members (excludes halogenated alkanes) is 1. The highest BCUT2D eigenvalue weighted by Gasteiger charge is 2.29. The number of hydrogen-bond donors (Lipinski definition) is 1.